The van der Waals surface area contributed by atoms with Gasteiger partial charge in [0.25, 0.3) is 0 Å². The normalized spacial score (nSPS) is 15.3. The fraction of sp³-hybridized carbons (Fsp3) is 0.250. The molecule has 2 unspecified atom stereocenters. The number of ether oxygens (including phenoxy) is 2. The molecule has 0 bridgehead atoms. The van der Waals surface area contributed by atoms with Crippen LogP contribution in [0.2, 0.25) is 0 Å². The van der Waals surface area contributed by atoms with Gasteiger partial charge < -0.3 is 25.2 Å². The van der Waals surface area contributed by atoms with Gasteiger partial charge in [0, 0.05) is 11.7 Å². The van der Waals surface area contributed by atoms with Crippen LogP contribution in [0.15, 0.2) is 140 Å². The summed E-state index contributed by atoms with van der Waals surface area (Å²) in [5.74, 6) is -1.05. The molecule has 2 amide bonds. The van der Waals surface area contributed by atoms with Crippen molar-refractivity contribution >= 4 is 29.7 Å². The quantitative estimate of drug-likeness (QED) is 0.0820. The molecule has 0 heterocycles. The number of benzene rings is 5. The highest BCUT2D eigenvalue weighted by Gasteiger charge is 2.52. The second-order valence-corrected chi connectivity index (χ2v) is 14.8. The molecule has 5 aromatic rings. The molecule has 3 N–H and O–H groups in total. The van der Waals surface area contributed by atoms with Crippen molar-refractivity contribution in [1.29, 1.82) is 0 Å². The molecule has 270 valence electrons. The molecule has 0 aliphatic heterocycles. The summed E-state index contributed by atoms with van der Waals surface area (Å²) < 4.78 is 9.94. The van der Waals surface area contributed by atoms with Crippen LogP contribution in [0, 0.1) is 0 Å². The van der Waals surface area contributed by atoms with Crippen LogP contribution >= 0.6 is 11.8 Å². The average molecular weight is 727 g/mol. The van der Waals surface area contributed by atoms with E-state index in [1.165, 1.54) is 18.9 Å². The average Bonchev–Trinajstić information content (AvgIpc) is 3.92. The minimum atomic E-state index is -1.14. The summed E-state index contributed by atoms with van der Waals surface area (Å²) in [6, 6.07) is 45.5. The zero-order chi connectivity index (χ0) is 36.8. The zero-order valence-corrected chi connectivity index (χ0v) is 30.3. The van der Waals surface area contributed by atoms with Gasteiger partial charge in [0.1, 0.15) is 12.6 Å². The van der Waals surface area contributed by atoms with Crippen LogP contribution in [0.4, 0.5) is 4.79 Å². The molecule has 0 radical (unpaired) electrons. The Morgan fingerprint density at radius 3 is 1.70 bits per heavy atom. The second-order valence-electron chi connectivity index (χ2n) is 13.6. The van der Waals surface area contributed by atoms with E-state index in [1.807, 2.05) is 78.9 Å². The van der Waals surface area contributed by atoms with Crippen LogP contribution < -0.4 is 10.6 Å². The first-order valence-corrected chi connectivity index (χ1v) is 18.8. The third-order valence-corrected chi connectivity index (χ3v) is 12.0. The Morgan fingerprint density at radius 2 is 1.23 bits per heavy atom. The molecule has 0 aromatic heterocycles. The van der Waals surface area contributed by atoms with Gasteiger partial charge in [0.2, 0.25) is 5.91 Å². The standard InChI is InChI=1S/C44H42N2O6S/c1-51-40(48)27-39(47)43(25-26-43)46-41(49)38(45-42(50)52-28-37-35-23-13-11-21-33(35)34-22-12-14-24-36(34)37)29-53-44(30-15-5-2-6-16-30,31-17-7-3-8-18-31)32-19-9-4-10-20-32/h2-24,37-39,47H,25-29H2,1H3,(H,45,50)(H,46,49). The first-order valence-electron chi connectivity index (χ1n) is 17.8. The maximum Gasteiger partial charge on any atom is 0.407 e. The number of amides is 2. The summed E-state index contributed by atoms with van der Waals surface area (Å²) in [6.07, 6.45) is -1.14. The molecule has 7 rings (SSSR count). The molecular formula is C44H42N2O6S. The van der Waals surface area contributed by atoms with E-state index in [9.17, 15) is 19.5 Å². The monoisotopic (exact) mass is 726 g/mol. The SMILES string of the molecule is COC(=O)CC(O)C1(NC(=O)C(CSC(c2ccccc2)(c2ccccc2)c2ccccc2)NC(=O)OCC2c3ccccc3-c3ccccc32)CC1. The van der Waals surface area contributed by atoms with Crippen molar-refractivity contribution in [2.24, 2.45) is 0 Å². The van der Waals surface area contributed by atoms with E-state index in [0.717, 1.165) is 38.9 Å². The molecule has 0 spiro atoms. The summed E-state index contributed by atoms with van der Waals surface area (Å²) in [5, 5.41) is 16.9. The Bertz CT molecular complexity index is 1910. The number of aliphatic hydroxyl groups is 1. The van der Waals surface area contributed by atoms with Gasteiger partial charge in [-0.25, -0.2) is 4.79 Å². The number of fused-ring (bicyclic) bond motifs is 3. The molecule has 2 aliphatic rings. The summed E-state index contributed by atoms with van der Waals surface area (Å²) in [7, 11) is 1.26. The zero-order valence-electron chi connectivity index (χ0n) is 29.4. The fourth-order valence-corrected chi connectivity index (χ4v) is 8.95. The number of carbonyl (C=O) groups is 3. The maximum atomic E-state index is 14.3. The highest BCUT2D eigenvalue weighted by atomic mass is 32.2. The van der Waals surface area contributed by atoms with Gasteiger partial charge in [-0.2, -0.15) is 0 Å². The molecule has 9 heteroatoms. The number of methoxy groups -OCH3 is 1. The minimum absolute atomic E-state index is 0.0884. The summed E-state index contributed by atoms with van der Waals surface area (Å²) in [5.41, 5.74) is 6.43. The molecule has 53 heavy (non-hydrogen) atoms. The number of thioether (sulfide) groups is 1. The highest BCUT2D eigenvalue weighted by Crippen LogP contribution is 2.49. The molecule has 2 atom stereocenters. The van der Waals surface area contributed by atoms with Crippen LogP contribution in [0.1, 0.15) is 53.0 Å². The Morgan fingerprint density at radius 1 is 0.755 bits per heavy atom. The van der Waals surface area contributed by atoms with Crippen LogP contribution in [-0.2, 0) is 23.8 Å². The van der Waals surface area contributed by atoms with E-state index in [4.69, 9.17) is 9.47 Å². The van der Waals surface area contributed by atoms with Gasteiger partial charge in [0.15, 0.2) is 0 Å². The van der Waals surface area contributed by atoms with E-state index in [0.29, 0.717) is 12.8 Å². The third-order valence-electron chi connectivity index (χ3n) is 10.3. The third kappa shape index (κ3) is 7.45. The lowest BCUT2D eigenvalue weighted by molar-refractivity contribution is -0.144. The summed E-state index contributed by atoms with van der Waals surface area (Å²) in [4.78, 5) is 40.1. The van der Waals surface area contributed by atoms with Crippen LogP contribution in [0.25, 0.3) is 11.1 Å². The lowest BCUT2D eigenvalue weighted by Gasteiger charge is -2.36. The number of alkyl carbamates (subject to hydrolysis) is 1. The first kappa shape index (κ1) is 36.0. The van der Waals surface area contributed by atoms with E-state index in [2.05, 4.69) is 71.3 Å². The van der Waals surface area contributed by atoms with E-state index < -0.39 is 40.4 Å². The predicted molar refractivity (Wildman–Crippen MR) is 206 cm³/mol. The maximum absolute atomic E-state index is 14.3. The number of hydrogen-bond acceptors (Lipinski definition) is 7. The number of rotatable bonds is 14. The predicted octanol–water partition coefficient (Wildman–Crippen LogP) is 7.19. The first-order chi connectivity index (χ1) is 25.8. The Kier molecular flexibility index (Phi) is 10.7. The number of hydrogen-bond donors (Lipinski definition) is 3. The van der Waals surface area contributed by atoms with Gasteiger partial charge in [-0.05, 0) is 51.8 Å². The smallest absolute Gasteiger partial charge is 0.407 e. The Labute approximate surface area is 313 Å². The van der Waals surface area contributed by atoms with E-state index in [-0.39, 0.29) is 24.7 Å². The molecule has 5 aromatic carbocycles. The van der Waals surface area contributed by atoms with Gasteiger partial charge >= 0.3 is 12.1 Å². The highest BCUT2D eigenvalue weighted by molar-refractivity contribution is 8.00. The summed E-state index contributed by atoms with van der Waals surface area (Å²) in [6.45, 7) is 0.0884. The molecular weight excluding hydrogens is 685 g/mol. The lowest BCUT2D eigenvalue weighted by Crippen LogP contribution is -2.55. The number of carbonyl (C=O) groups excluding carboxylic acids is 3. The van der Waals surface area contributed by atoms with Gasteiger partial charge in [-0.15, -0.1) is 11.8 Å². The van der Waals surface area contributed by atoms with Crippen molar-refractivity contribution in [3.8, 4) is 11.1 Å². The van der Waals surface area contributed by atoms with Gasteiger partial charge in [-0.1, -0.05) is 140 Å². The largest absolute Gasteiger partial charge is 0.469 e. The van der Waals surface area contributed by atoms with Crippen molar-refractivity contribution in [3.05, 3.63) is 167 Å². The topological polar surface area (TPSA) is 114 Å². The van der Waals surface area contributed by atoms with E-state index in [1.54, 1.807) is 0 Å². The van der Waals surface area contributed by atoms with Crippen molar-refractivity contribution in [2.45, 2.75) is 47.6 Å². The van der Waals surface area contributed by atoms with Gasteiger partial charge in [0.05, 0.1) is 29.9 Å². The molecule has 2 aliphatic carbocycles. The molecule has 8 nitrogen and oxygen atoms in total. The summed E-state index contributed by atoms with van der Waals surface area (Å²) >= 11 is 1.53. The van der Waals surface area contributed by atoms with Crippen molar-refractivity contribution in [1.82, 2.24) is 10.6 Å². The number of nitrogens with one attached hydrogen (secondary N) is 2. The lowest BCUT2D eigenvalue weighted by atomic mass is 9.84. The number of aliphatic hydroxyl groups excluding tert-OH is 1. The Balaban J connectivity index is 1.18. The molecule has 1 saturated carbocycles. The van der Waals surface area contributed by atoms with Crippen molar-refractivity contribution in [3.63, 3.8) is 0 Å². The fourth-order valence-electron chi connectivity index (χ4n) is 7.39. The number of esters is 1. The molecule has 0 saturated heterocycles. The molecule has 1 fully saturated rings. The van der Waals surface area contributed by atoms with Crippen LogP contribution in [0.5, 0.6) is 0 Å². The van der Waals surface area contributed by atoms with Crippen LogP contribution in [-0.4, -0.2) is 60.2 Å². The Hall–Kier alpha value is -5.38. The van der Waals surface area contributed by atoms with Crippen LogP contribution in [0.3, 0.4) is 0 Å². The van der Waals surface area contributed by atoms with Crippen molar-refractivity contribution < 1.29 is 29.0 Å². The van der Waals surface area contributed by atoms with E-state index >= 15 is 0 Å². The second kappa shape index (κ2) is 15.7. The van der Waals surface area contributed by atoms with Crippen molar-refractivity contribution in [2.75, 3.05) is 19.5 Å². The van der Waals surface area contributed by atoms with Gasteiger partial charge in [-0.3, -0.25) is 9.59 Å². The minimum Gasteiger partial charge on any atom is -0.469 e.